The van der Waals surface area contributed by atoms with Crippen LogP contribution in [0.2, 0.25) is 0 Å². The van der Waals surface area contributed by atoms with E-state index in [1.165, 1.54) is 0 Å². The lowest BCUT2D eigenvalue weighted by Gasteiger charge is -2.02. The number of hydrogen-bond donors (Lipinski definition) is 0. The molecule has 1 heterocycles. The third-order valence-electron chi connectivity index (χ3n) is 1.14. The van der Waals surface area contributed by atoms with Crippen LogP contribution < -0.4 is 0 Å². The molecule has 1 saturated heterocycles. The van der Waals surface area contributed by atoms with E-state index < -0.39 is 0 Å². The summed E-state index contributed by atoms with van der Waals surface area (Å²) in [6.07, 6.45) is 0.222. The maximum atomic E-state index is 4.98. The van der Waals surface area contributed by atoms with E-state index in [9.17, 15) is 0 Å². The summed E-state index contributed by atoms with van der Waals surface area (Å²) < 4.78 is 9.91. The molecular weight excluding hydrogens is 92.1 g/mol. The monoisotopic (exact) mass is 101 g/mol. The van der Waals surface area contributed by atoms with Crippen LogP contribution in [0.4, 0.5) is 0 Å². The Morgan fingerprint density at radius 1 is 1.57 bits per heavy atom. The molecule has 2 heteroatoms. The quantitative estimate of drug-likeness (QED) is 0.444. The number of ether oxygens (including phenoxy) is 2. The molecule has 0 N–H and O–H groups in total. The predicted octanol–water partition coefficient (Wildman–Crippen LogP) is 0.582. The molecule has 0 amide bonds. The molecule has 41 valence electrons. The fourth-order valence-electron chi connectivity index (χ4n) is 0.477. The van der Waals surface area contributed by atoms with Gasteiger partial charge in [0.15, 0.2) is 0 Å². The Morgan fingerprint density at radius 2 is 2.29 bits per heavy atom. The van der Waals surface area contributed by atoms with Gasteiger partial charge in [0.2, 0.25) is 0 Å². The van der Waals surface area contributed by atoms with Crippen LogP contribution in [0.3, 0.4) is 0 Å². The Kier molecular flexibility index (Phi) is 1.30. The zero-order valence-corrected chi connectivity index (χ0v) is 4.39. The highest BCUT2D eigenvalue weighted by Crippen LogP contribution is 2.09. The summed E-state index contributed by atoms with van der Waals surface area (Å²) >= 11 is 0. The summed E-state index contributed by atoms with van der Waals surface area (Å²) in [5.41, 5.74) is 0. The zero-order valence-electron chi connectivity index (χ0n) is 4.39. The van der Waals surface area contributed by atoms with Gasteiger partial charge in [0, 0.05) is 0 Å². The van der Waals surface area contributed by atoms with Crippen molar-refractivity contribution in [3.8, 4) is 0 Å². The summed E-state index contributed by atoms with van der Waals surface area (Å²) in [7, 11) is 0. The lowest BCUT2D eigenvalue weighted by atomic mass is 10.3. The molecule has 7 heavy (non-hydrogen) atoms. The van der Waals surface area contributed by atoms with Crippen molar-refractivity contribution in [3.63, 3.8) is 0 Å². The lowest BCUT2D eigenvalue weighted by Crippen LogP contribution is -2.13. The standard InChI is InChI=1S/C5H9O2/c1-4-5(2)7-3-6-4/h4-5H,1,3H2,2H3. The first-order valence-electron chi connectivity index (χ1n) is 2.37. The molecule has 0 spiro atoms. The van der Waals surface area contributed by atoms with Crippen molar-refractivity contribution in [2.75, 3.05) is 6.79 Å². The molecule has 0 aromatic carbocycles. The van der Waals surface area contributed by atoms with Crippen molar-refractivity contribution in [2.24, 2.45) is 0 Å². The molecular formula is C5H9O2. The van der Waals surface area contributed by atoms with Gasteiger partial charge in [0.05, 0.1) is 12.2 Å². The van der Waals surface area contributed by atoms with Gasteiger partial charge >= 0.3 is 0 Å². The lowest BCUT2D eigenvalue weighted by molar-refractivity contribution is 0.0460. The van der Waals surface area contributed by atoms with Crippen molar-refractivity contribution < 1.29 is 9.47 Å². The smallest absolute Gasteiger partial charge is 0.147 e. The summed E-state index contributed by atoms with van der Waals surface area (Å²) in [6.45, 7) is 6.03. The fraction of sp³-hybridized carbons (Fsp3) is 0.800. The topological polar surface area (TPSA) is 18.5 Å². The van der Waals surface area contributed by atoms with E-state index in [0.29, 0.717) is 6.79 Å². The van der Waals surface area contributed by atoms with Crippen LogP contribution in [0.25, 0.3) is 0 Å². The molecule has 0 bridgehead atoms. The van der Waals surface area contributed by atoms with Crippen molar-refractivity contribution in [1.82, 2.24) is 0 Å². The third kappa shape index (κ3) is 0.924. The minimum absolute atomic E-state index is 0.0417. The summed E-state index contributed by atoms with van der Waals surface area (Å²) in [5, 5.41) is 0. The van der Waals surface area contributed by atoms with Crippen molar-refractivity contribution in [3.05, 3.63) is 6.92 Å². The molecule has 1 aliphatic rings. The molecule has 1 aliphatic heterocycles. The normalized spacial score (nSPS) is 42.0. The second-order valence-corrected chi connectivity index (χ2v) is 1.69. The summed E-state index contributed by atoms with van der Waals surface area (Å²) in [4.78, 5) is 0. The van der Waals surface area contributed by atoms with Gasteiger partial charge in [-0.25, -0.2) is 0 Å². The molecule has 0 aromatic heterocycles. The van der Waals surface area contributed by atoms with Gasteiger partial charge in [-0.05, 0) is 13.8 Å². The zero-order chi connectivity index (χ0) is 5.28. The van der Waals surface area contributed by atoms with Crippen LogP contribution in [0, 0.1) is 6.92 Å². The first kappa shape index (κ1) is 5.06. The van der Waals surface area contributed by atoms with Gasteiger partial charge < -0.3 is 9.47 Å². The van der Waals surface area contributed by atoms with E-state index >= 15 is 0 Å². The van der Waals surface area contributed by atoms with Crippen LogP contribution in [0.1, 0.15) is 6.92 Å². The van der Waals surface area contributed by atoms with Crippen molar-refractivity contribution >= 4 is 0 Å². The maximum Gasteiger partial charge on any atom is 0.147 e. The molecule has 1 radical (unpaired) electrons. The van der Waals surface area contributed by atoms with E-state index in [-0.39, 0.29) is 12.2 Å². The Labute approximate surface area is 43.4 Å². The summed E-state index contributed by atoms with van der Waals surface area (Å²) in [6, 6.07) is 0. The number of hydrogen-bond acceptors (Lipinski definition) is 2. The molecule has 0 aliphatic carbocycles. The van der Waals surface area contributed by atoms with Gasteiger partial charge in [-0.15, -0.1) is 0 Å². The van der Waals surface area contributed by atoms with Gasteiger partial charge in [-0.2, -0.15) is 0 Å². The first-order valence-corrected chi connectivity index (χ1v) is 2.37. The van der Waals surface area contributed by atoms with E-state index in [4.69, 9.17) is 9.47 Å². The molecule has 2 atom stereocenters. The molecule has 0 saturated carbocycles. The Bertz CT molecular complexity index is 55.1. The minimum Gasteiger partial charge on any atom is -0.350 e. The Balaban J connectivity index is 2.33. The van der Waals surface area contributed by atoms with Crippen molar-refractivity contribution in [1.29, 1.82) is 0 Å². The average molecular weight is 101 g/mol. The van der Waals surface area contributed by atoms with Gasteiger partial charge in [0.1, 0.15) is 6.79 Å². The van der Waals surface area contributed by atoms with Crippen LogP contribution in [-0.2, 0) is 9.47 Å². The average Bonchev–Trinajstić information content (AvgIpc) is 1.91. The number of rotatable bonds is 0. The van der Waals surface area contributed by atoms with Gasteiger partial charge in [-0.3, -0.25) is 0 Å². The maximum absolute atomic E-state index is 4.98. The van der Waals surface area contributed by atoms with Gasteiger partial charge in [0.25, 0.3) is 0 Å². The fourth-order valence-corrected chi connectivity index (χ4v) is 0.477. The van der Waals surface area contributed by atoms with E-state index in [0.717, 1.165) is 0 Å². The third-order valence-corrected chi connectivity index (χ3v) is 1.14. The Hall–Kier alpha value is -0.0800. The predicted molar refractivity (Wildman–Crippen MR) is 25.6 cm³/mol. The molecule has 0 aromatic rings. The molecule has 2 unspecified atom stereocenters. The highest BCUT2D eigenvalue weighted by molar-refractivity contribution is 4.70. The van der Waals surface area contributed by atoms with E-state index in [2.05, 4.69) is 6.92 Å². The SMILES string of the molecule is [CH2]C1OCOC1C. The highest BCUT2D eigenvalue weighted by Gasteiger charge is 2.19. The van der Waals surface area contributed by atoms with E-state index in [1.807, 2.05) is 6.92 Å². The first-order chi connectivity index (χ1) is 3.30. The van der Waals surface area contributed by atoms with Crippen LogP contribution >= 0.6 is 0 Å². The largest absolute Gasteiger partial charge is 0.350 e. The molecule has 1 fully saturated rings. The van der Waals surface area contributed by atoms with Crippen LogP contribution in [0.15, 0.2) is 0 Å². The van der Waals surface area contributed by atoms with E-state index in [1.54, 1.807) is 0 Å². The highest BCUT2D eigenvalue weighted by atomic mass is 16.7. The summed E-state index contributed by atoms with van der Waals surface area (Å²) in [5.74, 6) is 0. The molecule has 2 nitrogen and oxygen atoms in total. The van der Waals surface area contributed by atoms with Crippen LogP contribution in [-0.4, -0.2) is 19.0 Å². The minimum atomic E-state index is 0.0417. The van der Waals surface area contributed by atoms with Crippen LogP contribution in [0.5, 0.6) is 0 Å². The van der Waals surface area contributed by atoms with Crippen molar-refractivity contribution in [2.45, 2.75) is 19.1 Å². The van der Waals surface area contributed by atoms with Gasteiger partial charge in [-0.1, -0.05) is 0 Å². The molecule has 1 rings (SSSR count). The second kappa shape index (κ2) is 1.80. The second-order valence-electron chi connectivity index (χ2n) is 1.69. The Morgan fingerprint density at radius 3 is 2.43 bits per heavy atom.